The summed E-state index contributed by atoms with van der Waals surface area (Å²) in [6.45, 7) is 1.58. The minimum atomic E-state index is -1.09. The summed E-state index contributed by atoms with van der Waals surface area (Å²) in [5.41, 5.74) is 6.78. The van der Waals surface area contributed by atoms with E-state index in [1.807, 2.05) is 0 Å². The minimum Gasteiger partial charge on any atom is -0.478 e. The molecule has 1 heterocycles. The third-order valence-corrected chi connectivity index (χ3v) is 2.65. The van der Waals surface area contributed by atoms with Gasteiger partial charge in [-0.25, -0.2) is 14.8 Å². The number of carbonyl (C=O) groups is 1. The summed E-state index contributed by atoms with van der Waals surface area (Å²) in [6.07, 6.45) is 0. The molecule has 3 N–H and O–H groups in total. The number of hydrogen-bond acceptors (Lipinski definition) is 4. The lowest BCUT2D eigenvalue weighted by Crippen LogP contribution is -2.09. The van der Waals surface area contributed by atoms with Gasteiger partial charge >= 0.3 is 5.97 Å². The van der Waals surface area contributed by atoms with Crippen LogP contribution in [0.25, 0.3) is 11.3 Å². The van der Waals surface area contributed by atoms with Gasteiger partial charge in [-0.3, -0.25) is 0 Å². The SMILES string of the molecule is Cc1nc(N)nc(-c2cccc(Cl)c2)c1C(=O)O. The number of hydrogen-bond donors (Lipinski definition) is 2. The van der Waals surface area contributed by atoms with Crippen molar-refractivity contribution >= 4 is 23.5 Å². The number of rotatable bonds is 2. The summed E-state index contributed by atoms with van der Waals surface area (Å²) in [7, 11) is 0. The van der Waals surface area contributed by atoms with Crippen LogP contribution in [-0.2, 0) is 0 Å². The number of nitrogens with zero attached hydrogens (tertiary/aromatic N) is 2. The second-order valence-corrected chi connectivity index (χ2v) is 4.14. The van der Waals surface area contributed by atoms with Crippen LogP contribution < -0.4 is 5.73 Å². The van der Waals surface area contributed by atoms with Gasteiger partial charge in [0.1, 0.15) is 5.56 Å². The first-order chi connectivity index (χ1) is 8.49. The van der Waals surface area contributed by atoms with E-state index in [1.165, 1.54) is 0 Å². The van der Waals surface area contributed by atoms with Gasteiger partial charge in [0.25, 0.3) is 0 Å². The number of halogens is 1. The zero-order chi connectivity index (χ0) is 13.3. The molecule has 0 saturated heterocycles. The molecule has 5 nitrogen and oxygen atoms in total. The largest absolute Gasteiger partial charge is 0.478 e. The van der Waals surface area contributed by atoms with Gasteiger partial charge in [-0.05, 0) is 19.1 Å². The summed E-state index contributed by atoms with van der Waals surface area (Å²) in [4.78, 5) is 19.1. The normalized spacial score (nSPS) is 10.3. The van der Waals surface area contributed by atoms with Crippen LogP contribution in [0, 0.1) is 6.92 Å². The van der Waals surface area contributed by atoms with Gasteiger partial charge in [0.05, 0.1) is 11.4 Å². The van der Waals surface area contributed by atoms with Gasteiger partial charge in [0.15, 0.2) is 0 Å². The van der Waals surface area contributed by atoms with E-state index in [1.54, 1.807) is 31.2 Å². The molecule has 0 spiro atoms. The predicted octanol–water partition coefficient (Wildman–Crippen LogP) is 2.39. The lowest BCUT2D eigenvalue weighted by Gasteiger charge is -2.09. The van der Waals surface area contributed by atoms with Crippen LogP contribution in [0.4, 0.5) is 5.95 Å². The number of carboxylic acid groups (broad SMARTS) is 1. The van der Waals surface area contributed by atoms with E-state index in [0.29, 0.717) is 16.3 Å². The molecule has 0 bridgehead atoms. The molecule has 18 heavy (non-hydrogen) atoms. The zero-order valence-corrected chi connectivity index (χ0v) is 10.3. The van der Waals surface area contributed by atoms with E-state index < -0.39 is 5.97 Å². The molecular formula is C12H10ClN3O2. The molecule has 0 unspecified atom stereocenters. The van der Waals surface area contributed by atoms with Crippen LogP contribution in [0.1, 0.15) is 16.1 Å². The summed E-state index contributed by atoms with van der Waals surface area (Å²) in [6, 6.07) is 6.77. The lowest BCUT2D eigenvalue weighted by atomic mass is 10.0. The van der Waals surface area contributed by atoms with Crippen LogP contribution in [-0.4, -0.2) is 21.0 Å². The van der Waals surface area contributed by atoms with Gasteiger partial charge in [-0.2, -0.15) is 0 Å². The average molecular weight is 264 g/mol. The fourth-order valence-electron chi connectivity index (χ4n) is 1.70. The molecule has 1 aromatic carbocycles. The quantitative estimate of drug-likeness (QED) is 0.868. The Hall–Kier alpha value is -2.14. The highest BCUT2D eigenvalue weighted by Crippen LogP contribution is 2.26. The Kier molecular flexibility index (Phi) is 3.16. The standard InChI is InChI=1S/C12H10ClN3O2/c1-6-9(11(17)18)10(16-12(14)15-6)7-3-2-4-8(13)5-7/h2-5H,1H3,(H,17,18)(H2,14,15,16). The predicted molar refractivity (Wildman–Crippen MR) is 68.6 cm³/mol. The zero-order valence-electron chi connectivity index (χ0n) is 9.51. The van der Waals surface area contributed by atoms with Gasteiger partial charge < -0.3 is 10.8 Å². The van der Waals surface area contributed by atoms with Gasteiger partial charge in [-0.15, -0.1) is 0 Å². The third kappa shape index (κ3) is 2.26. The molecule has 6 heteroatoms. The molecular weight excluding hydrogens is 254 g/mol. The maximum absolute atomic E-state index is 11.3. The number of aromatic carboxylic acids is 1. The third-order valence-electron chi connectivity index (χ3n) is 2.42. The number of nitrogens with two attached hydrogens (primary N) is 1. The summed E-state index contributed by atoms with van der Waals surface area (Å²) >= 11 is 5.88. The Morgan fingerprint density at radius 2 is 2.11 bits per heavy atom. The number of aryl methyl sites for hydroxylation is 1. The van der Waals surface area contributed by atoms with Crippen molar-refractivity contribution in [1.82, 2.24) is 9.97 Å². The van der Waals surface area contributed by atoms with Crippen molar-refractivity contribution in [3.63, 3.8) is 0 Å². The summed E-state index contributed by atoms with van der Waals surface area (Å²) in [5, 5.41) is 9.71. The topological polar surface area (TPSA) is 89.1 Å². The summed E-state index contributed by atoms with van der Waals surface area (Å²) < 4.78 is 0. The minimum absolute atomic E-state index is 0.0338. The van der Waals surface area contributed by atoms with E-state index in [9.17, 15) is 9.90 Å². The molecule has 0 radical (unpaired) electrons. The van der Waals surface area contributed by atoms with Crippen LogP contribution >= 0.6 is 11.6 Å². The van der Waals surface area contributed by atoms with Crippen molar-refractivity contribution in [2.24, 2.45) is 0 Å². The van der Waals surface area contributed by atoms with E-state index in [-0.39, 0.29) is 17.2 Å². The Morgan fingerprint density at radius 1 is 1.39 bits per heavy atom. The first-order valence-corrected chi connectivity index (χ1v) is 5.50. The molecule has 0 atom stereocenters. The average Bonchev–Trinajstić information content (AvgIpc) is 2.27. The van der Waals surface area contributed by atoms with Gasteiger partial charge in [0.2, 0.25) is 5.95 Å². The molecule has 0 amide bonds. The number of aromatic nitrogens is 2. The second-order valence-electron chi connectivity index (χ2n) is 3.71. The Morgan fingerprint density at radius 3 is 2.72 bits per heavy atom. The molecule has 0 aliphatic rings. The highest BCUT2D eigenvalue weighted by molar-refractivity contribution is 6.30. The number of nitrogen functional groups attached to an aromatic ring is 1. The lowest BCUT2D eigenvalue weighted by molar-refractivity contribution is 0.0696. The first kappa shape index (κ1) is 12.3. The first-order valence-electron chi connectivity index (χ1n) is 5.12. The van der Waals surface area contributed by atoms with Crippen molar-refractivity contribution in [3.05, 3.63) is 40.5 Å². The number of benzene rings is 1. The highest BCUT2D eigenvalue weighted by Gasteiger charge is 2.18. The maximum atomic E-state index is 11.3. The van der Waals surface area contributed by atoms with Crippen molar-refractivity contribution in [3.8, 4) is 11.3 Å². The van der Waals surface area contributed by atoms with E-state index in [2.05, 4.69) is 9.97 Å². The molecule has 2 aromatic rings. The van der Waals surface area contributed by atoms with Crippen molar-refractivity contribution < 1.29 is 9.90 Å². The van der Waals surface area contributed by atoms with Crippen LogP contribution in [0.15, 0.2) is 24.3 Å². The molecule has 0 saturated carbocycles. The molecule has 0 fully saturated rings. The van der Waals surface area contributed by atoms with E-state index in [0.717, 1.165) is 0 Å². The molecule has 2 rings (SSSR count). The smallest absolute Gasteiger partial charge is 0.339 e. The molecule has 92 valence electrons. The molecule has 0 aliphatic heterocycles. The van der Waals surface area contributed by atoms with E-state index >= 15 is 0 Å². The molecule has 0 aliphatic carbocycles. The monoisotopic (exact) mass is 263 g/mol. The fourth-order valence-corrected chi connectivity index (χ4v) is 1.89. The summed E-state index contributed by atoms with van der Waals surface area (Å²) in [5.74, 6) is -1.06. The van der Waals surface area contributed by atoms with Gasteiger partial charge in [-0.1, -0.05) is 23.7 Å². The van der Waals surface area contributed by atoms with Gasteiger partial charge in [0, 0.05) is 10.6 Å². The molecule has 1 aromatic heterocycles. The van der Waals surface area contributed by atoms with Crippen LogP contribution in [0.3, 0.4) is 0 Å². The highest BCUT2D eigenvalue weighted by atomic mass is 35.5. The van der Waals surface area contributed by atoms with Crippen LogP contribution in [0.5, 0.6) is 0 Å². The van der Waals surface area contributed by atoms with Crippen molar-refractivity contribution in [2.75, 3.05) is 5.73 Å². The number of carboxylic acids is 1. The maximum Gasteiger partial charge on any atom is 0.339 e. The Balaban J connectivity index is 2.73. The Bertz CT molecular complexity index is 629. The van der Waals surface area contributed by atoms with Crippen molar-refractivity contribution in [1.29, 1.82) is 0 Å². The van der Waals surface area contributed by atoms with E-state index in [4.69, 9.17) is 17.3 Å². The number of anilines is 1. The fraction of sp³-hybridized carbons (Fsp3) is 0.0833. The Labute approximate surface area is 108 Å². The second kappa shape index (κ2) is 4.62. The van der Waals surface area contributed by atoms with Crippen molar-refractivity contribution in [2.45, 2.75) is 6.92 Å². The van der Waals surface area contributed by atoms with Crippen LogP contribution in [0.2, 0.25) is 5.02 Å².